The highest BCUT2D eigenvalue weighted by Gasteiger charge is 2.38. The molecule has 0 aliphatic rings. The van der Waals surface area contributed by atoms with Crippen molar-refractivity contribution in [3.63, 3.8) is 0 Å². The minimum atomic E-state index is -5.11. The van der Waals surface area contributed by atoms with E-state index < -0.39 is 48.2 Å². The van der Waals surface area contributed by atoms with Crippen LogP contribution in [0.2, 0.25) is 0 Å². The summed E-state index contributed by atoms with van der Waals surface area (Å²) in [7, 11) is 0. The van der Waals surface area contributed by atoms with E-state index in [1.807, 2.05) is 0 Å². The van der Waals surface area contributed by atoms with Crippen molar-refractivity contribution < 1.29 is 31.1 Å². The number of ether oxygens (including phenoxy) is 1. The van der Waals surface area contributed by atoms with Crippen LogP contribution in [0.3, 0.4) is 0 Å². The minimum Gasteiger partial charge on any atom is -0.388 e. The number of nitriles is 1. The standard InChI is InChI=1S/C10H7F6N3O/c11-9(12,13)8-5(1-2-17)3-7(19-6(8)4-18)20-10(14,15)16/h3H,1,4,18H2. The summed E-state index contributed by atoms with van der Waals surface area (Å²) in [6, 6.07) is 1.86. The van der Waals surface area contributed by atoms with Gasteiger partial charge in [-0.25, -0.2) is 4.98 Å². The number of nitrogens with zero attached hydrogens (tertiary/aromatic N) is 2. The number of nitrogens with two attached hydrogens (primary N) is 1. The van der Waals surface area contributed by atoms with Gasteiger partial charge in [-0.05, 0) is 5.56 Å². The Morgan fingerprint density at radius 1 is 1.25 bits per heavy atom. The van der Waals surface area contributed by atoms with Gasteiger partial charge < -0.3 is 10.5 Å². The molecule has 0 atom stereocenters. The van der Waals surface area contributed by atoms with Crippen LogP contribution in [0.5, 0.6) is 5.88 Å². The number of rotatable bonds is 3. The zero-order valence-corrected chi connectivity index (χ0v) is 9.64. The molecule has 0 radical (unpaired) electrons. The zero-order valence-electron chi connectivity index (χ0n) is 9.64. The van der Waals surface area contributed by atoms with Crippen molar-refractivity contribution in [1.82, 2.24) is 4.98 Å². The Balaban J connectivity index is 3.43. The molecule has 1 heterocycles. The second-order valence-corrected chi connectivity index (χ2v) is 3.53. The number of aromatic nitrogens is 1. The van der Waals surface area contributed by atoms with Gasteiger partial charge in [0.15, 0.2) is 0 Å². The Labute approximate surface area is 108 Å². The normalized spacial score (nSPS) is 12.1. The maximum Gasteiger partial charge on any atom is 0.574 e. The lowest BCUT2D eigenvalue weighted by Gasteiger charge is -2.17. The molecule has 1 aromatic heterocycles. The van der Waals surface area contributed by atoms with E-state index in [9.17, 15) is 26.3 Å². The van der Waals surface area contributed by atoms with E-state index in [2.05, 4.69) is 9.72 Å². The van der Waals surface area contributed by atoms with Crippen molar-refractivity contribution in [1.29, 1.82) is 5.26 Å². The van der Waals surface area contributed by atoms with Gasteiger partial charge in [0, 0.05) is 12.6 Å². The maximum atomic E-state index is 12.8. The second kappa shape index (κ2) is 5.54. The van der Waals surface area contributed by atoms with E-state index in [0.29, 0.717) is 6.07 Å². The third-order valence-electron chi connectivity index (χ3n) is 2.12. The first-order valence-corrected chi connectivity index (χ1v) is 5.01. The lowest BCUT2D eigenvalue weighted by Crippen LogP contribution is -2.21. The lowest BCUT2D eigenvalue weighted by atomic mass is 10.0. The molecule has 2 N–H and O–H groups in total. The summed E-state index contributed by atoms with van der Waals surface area (Å²) in [6.45, 7) is -0.748. The molecule has 0 amide bonds. The SMILES string of the molecule is N#CCc1cc(OC(F)(F)F)nc(CN)c1C(F)(F)F. The average molecular weight is 299 g/mol. The van der Waals surface area contributed by atoms with Gasteiger partial charge in [0.2, 0.25) is 5.88 Å². The van der Waals surface area contributed by atoms with Gasteiger partial charge in [0.05, 0.1) is 23.7 Å². The molecular formula is C10H7F6N3O. The molecule has 0 aliphatic heterocycles. The van der Waals surface area contributed by atoms with Crippen LogP contribution in [0.4, 0.5) is 26.3 Å². The van der Waals surface area contributed by atoms with Gasteiger partial charge in [-0.3, -0.25) is 0 Å². The third kappa shape index (κ3) is 3.99. The van der Waals surface area contributed by atoms with Crippen LogP contribution < -0.4 is 10.5 Å². The van der Waals surface area contributed by atoms with Crippen LogP contribution >= 0.6 is 0 Å². The van der Waals surface area contributed by atoms with Gasteiger partial charge in [-0.1, -0.05) is 0 Å². The van der Waals surface area contributed by atoms with Gasteiger partial charge in [-0.15, -0.1) is 13.2 Å². The topological polar surface area (TPSA) is 71.9 Å². The maximum absolute atomic E-state index is 12.8. The van der Waals surface area contributed by atoms with Crippen LogP contribution in [0.1, 0.15) is 16.8 Å². The molecule has 1 aromatic rings. The first-order valence-electron chi connectivity index (χ1n) is 5.01. The fraction of sp³-hybridized carbons (Fsp3) is 0.400. The third-order valence-corrected chi connectivity index (χ3v) is 2.12. The van der Waals surface area contributed by atoms with Crippen LogP contribution in [0.15, 0.2) is 6.07 Å². The first kappa shape index (κ1) is 16.0. The Morgan fingerprint density at radius 3 is 2.25 bits per heavy atom. The summed E-state index contributed by atoms with van der Waals surface area (Å²) in [5, 5.41) is 8.46. The fourth-order valence-corrected chi connectivity index (χ4v) is 1.52. The van der Waals surface area contributed by atoms with Gasteiger partial charge in [0.1, 0.15) is 0 Å². The number of hydrogen-bond acceptors (Lipinski definition) is 4. The highest BCUT2D eigenvalue weighted by Crippen LogP contribution is 2.36. The first-order chi connectivity index (χ1) is 9.08. The Kier molecular flexibility index (Phi) is 4.44. The van der Waals surface area contributed by atoms with E-state index in [-0.39, 0.29) is 0 Å². The molecule has 110 valence electrons. The fourth-order valence-electron chi connectivity index (χ4n) is 1.52. The van der Waals surface area contributed by atoms with Crippen molar-refractivity contribution in [2.45, 2.75) is 25.5 Å². The molecule has 1 rings (SSSR count). The zero-order chi connectivity index (χ0) is 15.6. The molecule has 0 fully saturated rings. The molecule has 0 saturated carbocycles. The van der Waals surface area contributed by atoms with Crippen LogP contribution in [-0.2, 0) is 19.1 Å². The molecule has 20 heavy (non-hydrogen) atoms. The average Bonchev–Trinajstić information content (AvgIpc) is 2.24. The van der Waals surface area contributed by atoms with E-state index in [1.165, 1.54) is 6.07 Å². The lowest BCUT2D eigenvalue weighted by molar-refractivity contribution is -0.276. The number of halogens is 6. The van der Waals surface area contributed by atoms with Crippen molar-refractivity contribution in [2.24, 2.45) is 5.73 Å². The summed E-state index contributed by atoms with van der Waals surface area (Å²) in [6.07, 6.45) is -10.7. The van der Waals surface area contributed by atoms with Crippen molar-refractivity contribution in [3.8, 4) is 11.9 Å². The molecule has 10 heteroatoms. The van der Waals surface area contributed by atoms with Crippen molar-refractivity contribution >= 4 is 0 Å². The van der Waals surface area contributed by atoms with E-state index in [4.69, 9.17) is 11.0 Å². The summed E-state index contributed by atoms with van der Waals surface area (Å²) in [4.78, 5) is 3.09. The van der Waals surface area contributed by atoms with E-state index in [1.54, 1.807) is 0 Å². The molecule has 0 unspecified atom stereocenters. The molecular weight excluding hydrogens is 292 g/mol. The molecule has 4 nitrogen and oxygen atoms in total. The number of hydrogen-bond donors (Lipinski definition) is 1. The van der Waals surface area contributed by atoms with Gasteiger partial charge in [0.25, 0.3) is 0 Å². The number of pyridine rings is 1. The van der Waals surface area contributed by atoms with Crippen molar-refractivity contribution in [2.75, 3.05) is 0 Å². The highest BCUT2D eigenvalue weighted by molar-refractivity contribution is 5.39. The van der Waals surface area contributed by atoms with Crippen LogP contribution in [-0.4, -0.2) is 11.3 Å². The Morgan fingerprint density at radius 2 is 1.85 bits per heavy atom. The summed E-state index contributed by atoms with van der Waals surface area (Å²) in [5.74, 6) is -1.09. The van der Waals surface area contributed by atoms with Gasteiger partial charge >= 0.3 is 12.5 Å². The predicted molar refractivity (Wildman–Crippen MR) is 53.1 cm³/mol. The summed E-state index contributed by atoms with van der Waals surface area (Å²) in [5.41, 5.74) is 2.27. The summed E-state index contributed by atoms with van der Waals surface area (Å²) < 4.78 is 78.1. The summed E-state index contributed by atoms with van der Waals surface area (Å²) >= 11 is 0. The molecule has 0 bridgehead atoms. The number of alkyl halides is 6. The molecule has 0 aliphatic carbocycles. The largest absolute Gasteiger partial charge is 0.574 e. The predicted octanol–water partition coefficient (Wildman–Crippen LogP) is 2.52. The molecule has 0 spiro atoms. The minimum absolute atomic E-state index is 0.429. The molecule has 0 aromatic carbocycles. The molecule has 0 saturated heterocycles. The van der Waals surface area contributed by atoms with Gasteiger partial charge in [-0.2, -0.15) is 18.4 Å². The Hall–Kier alpha value is -2.02. The smallest absolute Gasteiger partial charge is 0.388 e. The monoisotopic (exact) mass is 299 g/mol. The Bertz CT molecular complexity index is 532. The van der Waals surface area contributed by atoms with E-state index in [0.717, 1.165) is 0 Å². The quantitative estimate of drug-likeness (QED) is 0.870. The van der Waals surface area contributed by atoms with Crippen LogP contribution in [0, 0.1) is 11.3 Å². The highest BCUT2D eigenvalue weighted by atomic mass is 19.4. The van der Waals surface area contributed by atoms with Crippen LogP contribution in [0.25, 0.3) is 0 Å². The second-order valence-electron chi connectivity index (χ2n) is 3.53. The van der Waals surface area contributed by atoms with E-state index >= 15 is 0 Å². The van der Waals surface area contributed by atoms with Crippen molar-refractivity contribution in [3.05, 3.63) is 22.9 Å².